The molecule has 100 valence electrons. The van der Waals surface area contributed by atoms with Crippen molar-refractivity contribution in [2.45, 2.75) is 72.1 Å². The number of hydrogen-bond acceptors (Lipinski definition) is 2. The van der Waals surface area contributed by atoms with E-state index in [0.29, 0.717) is 0 Å². The number of carbonyl (C=O) groups excluding carboxylic acids is 1. The first-order valence-electron chi connectivity index (χ1n) is 6.99. The zero-order valence-electron chi connectivity index (χ0n) is 11.7. The van der Waals surface area contributed by atoms with Crippen LogP contribution in [0, 0.1) is 5.92 Å². The Hall–Kier alpha value is -0.790. The van der Waals surface area contributed by atoms with Crippen molar-refractivity contribution >= 4 is 5.97 Å². The van der Waals surface area contributed by atoms with Crippen LogP contribution in [0.2, 0.25) is 0 Å². The first-order valence-corrected chi connectivity index (χ1v) is 6.99. The second-order valence-corrected chi connectivity index (χ2v) is 4.84. The maximum Gasteiger partial charge on any atom is 0.307 e. The van der Waals surface area contributed by atoms with E-state index in [-0.39, 0.29) is 5.97 Å². The lowest BCUT2D eigenvalue weighted by Crippen LogP contribution is -1.91. The fraction of sp³-hybridized carbons (Fsp3) is 0.800. The Balaban J connectivity index is 3.13. The highest BCUT2D eigenvalue weighted by molar-refractivity contribution is 5.66. The molecule has 0 N–H and O–H groups in total. The molecule has 0 aromatic rings. The lowest BCUT2D eigenvalue weighted by molar-refractivity contribution is -0.135. The molecule has 0 spiro atoms. The standard InChI is InChI=1S/C15H28O2/c1-4-14(2)12-10-8-6-5-7-9-11-13-17-15(3)16/h11,13-14H,4-10,12H2,1-3H3/b13-11+. The summed E-state index contributed by atoms with van der Waals surface area (Å²) in [5.41, 5.74) is 0. The summed E-state index contributed by atoms with van der Waals surface area (Å²) >= 11 is 0. The second-order valence-electron chi connectivity index (χ2n) is 4.84. The van der Waals surface area contributed by atoms with Gasteiger partial charge in [-0.2, -0.15) is 0 Å². The molecule has 0 aliphatic carbocycles. The van der Waals surface area contributed by atoms with Crippen LogP contribution < -0.4 is 0 Å². The van der Waals surface area contributed by atoms with Crippen LogP contribution in [0.4, 0.5) is 0 Å². The minimum atomic E-state index is -0.244. The molecule has 1 unspecified atom stereocenters. The zero-order chi connectivity index (χ0) is 12.9. The fourth-order valence-electron chi connectivity index (χ4n) is 1.70. The number of allylic oxidation sites excluding steroid dienone is 1. The Labute approximate surface area is 106 Å². The third-order valence-corrected chi connectivity index (χ3v) is 3.09. The molecule has 0 saturated heterocycles. The van der Waals surface area contributed by atoms with E-state index < -0.39 is 0 Å². The number of carbonyl (C=O) groups is 1. The molecule has 2 heteroatoms. The highest BCUT2D eigenvalue weighted by Crippen LogP contribution is 2.14. The number of unbranched alkanes of at least 4 members (excludes halogenated alkanes) is 5. The molecule has 0 aromatic heterocycles. The number of ether oxygens (including phenoxy) is 1. The van der Waals surface area contributed by atoms with Gasteiger partial charge >= 0.3 is 5.97 Å². The predicted molar refractivity (Wildman–Crippen MR) is 72.7 cm³/mol. The summed E-state index contributed by atoms with van der Waals surface area (Å²) in [4.78, 5) is 10.5. The maximum absolute atomic E-state index is 10.5. The van der Waals surface area contributed by atoms with E-state index in [4.69, 9.17) is 4.74 Å². The molecule has 0 aliphatic heterocycles. The van der Waals surface area contributed by atoms with Crippen LogP contribution in [0.25, 0.3) is 0 Å². The minimum Gasteiger partial charge on any atom is -0.435 e. The van der Waals surface area contributed by atoms with Crippen LogP contribution in [0.1, 0.15) is 72.1 Å². The Bertz CT molecular complexity index is 209. The van der Waals surface area contributed by atoms with Crippen molar-refractivity contribution < 1.29 is 9.53 Å². The van der Waals surface area contributed by atoms with Gasteiger partial charge in [-0.1, -0.05) is 52.4 Å². The first kappa shape index (κ1) is 16.2. The summed E-state index contributed by atoms with van der Waals surface area (Å²) in [6, 6.07) is 0. The molecule has 0 saturated carbocycles. The van der Waals surface area contributed by atoms with Gasteiger partial charge in [0.25, 0.3) is 0 Å². The van der Waals surface area contributed by atoms with Gasteiger partial charge < -0.3 is 4.74 Å². The Morgan fingerprint density at radius 3 is 2.47 bits per heavy atom. The quantitative estimate of drug-likeness (QED) is 0.310. The lowest BCUT2D eigenvalue weighted by Gasteiger charge is -2.07. The van der Waals surface area contributed by atoms with Crippen molar-refractivity contribution in [1.29, 1.82) is 0 Å². The van der Waals surface area contributed by atoms with E-state index >= 15 is 0 Å². The van der Waals surface area contributed by atoms with Gasteiger partial charge in [0.05, 0.1) is 6.26 Å². The summed E-state index contributed by atoms with van der Waals surface area (Å²) in [5.74, 6) is 0.646. The van der Waals surface area contributed by atoms with Crippen LogP contribution in [-0.4, -0.2) is 5.97 Å². The SMILES string of the molecule is CCC(C)CCCCCCC/C=C/OC(C)=O. The molecule has 2 nitrogen and oxygen atoms in total. The van der Waals surface area contributed by atoms with Gasteiger partial charge in [0.2, 0.25) is 0 Å². The van der Waals surface area contributed by atoms with E-state index in [9.17, 15) is 4.79 Å². The van der Waals surface area contributed by atoms with Crippen LogP contribution in [-0.2, 0) is 9.53 Å². The van der Waals surface area contributed by atoms with Crippen LogP contribution in [0.15, 0.2) is 12.3 Å². The molecule has 0 aliphatic rings. The highest BCUT2D eigenvalue weighted by Gasteiger charge is 1.97. The molecular formula is C15H28O2. The van der Waals surface area contributed by atoms with E-state index in [0.717, 1.165) is 12.3 Å². The third-order valence-electron chi connectivity index (χ3n) is 3.09. The minimum absolute atomic E-state index is 0.244. The monoisotopic (exact) mass is 240 g/mol. The molecule has 0 fully saturated rings. The molecule has 0 amide bonds. The Morgan fingerprint density at radius 2 is 1.82 bits per heavy atom. The summed E-state index contributed by atoms with van der Waals surface area (Å²) in [6.45, 7) is 6.02. The van der Waals surface area contributed by atoms with Gasteiger partial charge in [-0.25, -0.2) is 0 Å². The van der Waals surface area contributed by atoms with E-state index in [1.165, 1.54) is 58.1 Å². The molecular weight excluding hydrogens is 212 g/mol. The van der Waals surface area contributed by atoms with Gasteiger partial charge in [0, 0.05) is 6.92 Å². The summed E-state index contributed by atoms with van der Waals surface area (Å²) in [7, 11) is 0. The molecule has 0 heterocycles. The van der Waals surface area contributed by atoms with Gasteiger partial charge in [-0.3, -0.25) is 4.79 Å². The molecule has 0 rings (SSSR count). The van der Waals surface area contributed by atoms with Crippen molar-refractivity contribution in [3.05, 3.63) is 12.3 Å². The van der Waals surface area contributed by atoms with Gasteiger partial charge in [-0.05, 0) is 24.8 Å². The first-order chi connectivity index (χ1) is 8.16. The summed E-state index contributed by atoms with van der Waals surface area (Å²) in [5, 5.41) is 0. The third kappa shape index (κ3) is 13.1. The number of esters is 1. The van der Waals surface area contributed by atoms with Crippen LogP contribution in [0.3, 0.4) is 0 Å². The zero-order valence-corrected chi connectivity index (χ0v) is 11.7. The molecule has 0 aromatic carbocycles. The Kier molecular flexibility index (Phi) is 11.1. The number of hydrogen-bond donors (Lipinski definition) is 0. The van der Waals surface area contributed by atoms with Crippen molar-refractivity contribution in [3.8, 4) is 0 Å². The number of rotatable bonds is 10. The van der Waals surface area contributed by atoms with Crippen LogP contribution in [0.5, 0.6) is 0 Å². The second kappa shape index (κ2) is 11.7. The summed E-state index contributed by atoms with van der Waals surface area (Å²) in [6.07, 6.45) is 13.7. The molecule has 0 bridgehead atoms. The fourth-order valence-corrected chi connectivity index (χ4v) is 1.70. The van der Waals surface area contributed by atoms with Crippen molar-refractivity contribution in [3.63, 3.8) is 0 Å². The summed E-state index contributed by atoms with van der Waals surface area (Å²) < 4.78 is 4.71. The molecule has 1 atom stereocenters. The Morgan fingerprint density at radius 1 is 1.18 bits per heavy atom. The van der Waals surface area contributed by atoms with E-state index in [1.54, 1.807) is 0 Å². The highest BCUT2D eigenvalue weighted by atomic mass is 16.5. The van der Waals surface area contributed by atoms with E-state index in [2.05, 4.69) is 13.8 Å². The normalized spacial score (nSPS) is 12.9. The lowest BCUT2D eigenvalue weighted by atomic mass is 10.00. The largest absolute Gasteiger partial charge is 0.435 e. The van der Waals surface area contributed by atoms with Gasteiger partial charge in [0.15, 0.2) is 0 Å². The maximum atomic E-state index is 10.5. The average molecular weight is 240 g/mol. The average Bonchev–Trinajstić information content (AvgIpc) is 2.30. The topological polar surface area (TPSA) is 26.3 Å². The van der Waals surface area contributed by atoms with Crippen molar-refractivity contribution in [2.75, 3.05) is 0 Å². The van der Waals surface area contributed by atoms with E-state index in [1.807, 2.05) is 6.08 Å². The molecule has 0 radical (unpaired) electrons. The molecule has 17 heavy (non-hydrogen) atoms. The van der Waals surface area contributed by atoms with Gasteiger partial charge in [-0.15, -0.1) is 0 Å². The van der Waals surface area contributed by atoms with Crippen molar-refractivity contribution in [2.24, 2.45) is 5.92 Å². The van der Waals surface area contributed by atoms with Crippen LogP contribution >= 0.6 is 0 Å². The van der Waals surface area contributed by atoms with Crippen molar-refractivity contribution in [1.82, 2.24) is 0 Å². The predicted octanol–water partition coefficient (Wildman–Crippen LogP) is 4.84. The van der Waals surface area contributed by atoms with Gasteiger partial charge in [0.1, 0.15) is 0 Å². The smallest absolute Gasteiger partial charge is 0.307 e.